The molecule has 0 unspecified atom stereocenters. The minimum absolute atomic E-state index is 0.0814. The maximum atomic E-state index is 13.5. The molecular formula is C28H25BrCl2N4O3S. The molecular weight excluding hydrogens is 623 g/mol. The number of hydrazone groups is 1. The van der Waals surface area contributed by atoms with Crippen LogP contribution in [0, 0.1) is 20.8 Å². The van der Waals surface area contributed by atoms with Crippen molar-refractivity contribution in [1.82, 2.24) is 9.99 Å². The number of nitrogens with one attached hydrogen (secondary N) is 1. The van der Waals surface area contributed by atoms with Gasteiger partial charge in [-0.2, -0.15) is 5.10 Å². The van der Waals surface area contributed by atoms with E-state index in [1.54, 1.807) is 54.6 Å². The van der Waals surface area contributed by atoms with Crippen LogP contribution in [0.15, 0.2) is 87.3 Å². The number of aromatic nitrogens is 1. The Morgan fingerprint density at radius 2 is 1.67 bits per heavy atom. The van der Waals surface area contributed by atoms with Crippen LogP contribution in [0.2, 0.25) is 10.0 Å². The lowest BCUT2D eigenvalue weighted by molar-refractivity contribution is -0.119. The first-order valence-corrected chi connectivity index (χ1v) is 14.8. The normalized spacial score (nSPS) is 11.6. The summed E-state index contributed by atoms with van der Waals surface area (Å²) in [5.41, 5.74) is 7.07. The van der Waals surface area contributed by atoms with E-state index in [-0.39, 0.29) is 4.90 Å². The molecule has 1 amide bonds. The highest BCUT2D eigenvalue weighted by Gasteiger charge is 2.27. The summed E-state index contributed by atoms with van der Waals surface area (Å²) in [4.78, 5) is 13.0. The zero-order valence-corrected chi connectivity index (χ0v) is 25.2. The lowest BCUT2D eigenvalue weighted by Crippen LogP contribution is -2.39. The number of anilines is 1. The molecule has 0 saturated carbocycles. The number of halogens is 3. The van der Waals surface area contributed by atoms with E-state index in [4.69, 9.17) is 23.2 Å². The molecule has 0 aliphatic carbocycles. The Morgan fingerprint density at radius 1 is 1.00 bits per heavy atom. The van der Waals surface area contributed by atoms with Crippen LogP contribution in [-0.2, 0) is 14.8 Å². The highest BCUT2D eigenvalue weighted by molar-refractivity contribution is 9.10. The van der Waals surface area contributed by atoms with Gasteiger partial charge in [0.05, 0.1) is 16.8 Å². The van der Waals surface area contributed by atoms with Gasteiger partial charge in [0.25, 0.3) is 15.9 Å². The summed E-state index contributed by atoms with van der Waals surface area (Å²) in [5, 5.41) is 5.13. The van der Waals surface area contributed by atoms with Gasteiger partial charge < -0.3 is 4.57 Å². The van der Waals surface area contributed by atoms with Crippen molar-refractivity contribution in [3.05, 3.63) is 110 Å². The van der Waals surface area contributed by atoms with Gasteiger partial charge >= 0.3 is 0 Å². The predicted octanol–water partition coefficient (Wildman–Crippen LogP) is 6.82. The molecule has 0 aliphatic heterocycles. The van der Waals surface area contributed by atoms with Crippen molar-refractivity contribution in [1.29, 1.82) is 0 Å². The number of carbonyl (C=O) groups is 1. The molecule has 0 fully saturated rings. The number of sulfonamides is 1. The zero-order valence-electron chi connectivity index (χ0n) is 21.3. The molecule has 4 rings (SSSR count). The first kappa shape index (κ1) is 28.9. The molecule has 1 aromatic heterocycles. The zero-order chi connectivity index (χ0) is 28.3. The molecule has 1 N–H and O–H groups in total. The third kappa shape index (κ3) is 6.73. The van der Waals surface area contributed by atoms with Gasteiger partial charge in [-0.05, 0) is 75.4 Å². The highest BCUT2D eigenvalue weighted by Crippen LogP contribution is 2.27. The van der Waals surface area contributed by atoms with E-state index in [0.29, 0.717) is 20.2 Å². The maximum absolute atomic E-state index is 13.5. The number of amides is 1. The number of hydrogen-bond donors (Lipinski definition) is 1. The van der Waals surface area contributed by atoms with Gasteiger partial charge in [0, 0.05) is 37.2 Å². The number of hydrogen-bond acceptors (Lipinski definition) is 4. The van der Waals surface area contributed by atoms with Crippen molar-refractivity contribution < 1.29 is 13.2 Å². The van der Waals surface area contributed by atoms with Gasteiger partial charge in [0.1, 0.15) is 6.54 Å². The molecule has 7 nitrogen and oxygen atoms in total. The Balaban J connectivity index is 1.56. The van der Waals surface area contributed by atoms with Crippen LogP contribution in [0.4, 0.5) is 5.69 Å². The van der Waals surface area contributed by atoms with E-state index in [1.807, 2.05) is 31.4 Å². The molecule has 3 aromatic carbocycles. The van der Waals surface area contributed by atoms with E-state index < -0.39 is 22.5 Å². The van der Waals surface area contributed by atoms with Crippen LogP contribution >= 0.6 is 39.1 Å². The number of nitrogens with zero attached hydrogens (tertiary/aromatic N) is 3. The Morgan fingerprint density at radius 3 is 2.31 bits per heavy atom. The van der Waals surface area contributed by atoms with E-state index in [1.165, 1.54) is 18.3 Å². The molecule has 0 atom stereocenters. The lowest BCUT2D eigenvalue weighted by Gasteiger charge is -2.24. The molecule has 39 heavy (non-hydrogen) atoms. The average Bonchev–Trinajstić information content (AvgIpc) is 3.14. The van der Waals surface area contributed by atoms with Crippen molar-refractivity contribution >= 4 is 67.0 Å². The summed E-state index contributed by atoms with van der Waals surface area (Å²) in [7, 11) is -4.03. The Hall–Kier alpha value is -3.11. The van der Waals surface area contributed by atoms with Crippen LogP contribution in [0.3, 0.4) is 0 Å². The van der Waals surface area contributed by atoms with Crippen molar-refractivity contribution in [3.8, 4) is 5.69 Å². The average molecular weight is 648 g/mol. The molecule has 0 saturated heterocycles. The minimum atomic E-state index is -4.03. The third-order valence-corrected chi connectivity index (χ3v) is 8.68. The molecule has 0 bridgehead atoms. The molecule has 0 spiro atoms. The summed E-state index contributed by atoms with van der Waals surface area (Å²) in [6.45, 7) is 5.25. The predicted molar refractivity (Wildman–Crippen MR) is 161 cm³/mol. The number of aryl methyl sites for hydroxylation is 2. The van der Waals surface area contributed by atoms with Crippen molar-refractivity contribution in [2.45, 2.75) is 25.7 Å². The second kappa shape index (κ2) is 12.0. The van der Waals surface area contributed by atoms with Crippen molar-refractivity contribution in [3.63, 3.8) is 0 Å². The monoisotopic (exact) mass is 646 g/mol. The largest absolute Gasteiger partial charge is 0.318 e. The Bertz CT molecular complexity index is 1650. The maximum Gasteiger partial charge on any atom is 0.264 e. The topological polar surface area (TPSA) is 83.8 Å². The number of benzene rings is 3. The summed E-state index contributed by atoms with van der Waals surface area (Å²) in [6, 6.07) is 20.4. The van der Waals surface area contributed by atoms with E-state index in [2.05, 4.69) is 26.5 Å². The highest BCUT2D eigenvalue weighted by atomic mass is 79.9. The van der Waals surface area contributed by atoms with Gasteiger partial charge in [-0.15, -0.1) is 0 Å². The smallest absolute Gasteiger partial charge is 0.264 e. The quantitative estimate of drug-likeness (QED) is 0.168. The minimum Gasteiger partial charge on any atom is -0.318 e. The Labute approximate surface area is 246 Å². The van der Waals surface area contributed by atoms with Gasteiger partial charge in [0.2, 0.25) is 0 Å². The van der Waals surface area contributed by atoms with E-state index in [0.717, 1.165) is 32.5 Å². The standard InChI is InChI=1S/C28H25BrCl2N4O3S/c1-18-7-9-27(10-8-18)39(37,38)34(25-6-4-5-22(29)12-25)17-28(36)33-32-16-21-11-19(2)35(20(21)3)26-14-23(30)13-24(31)15-26/h4-16H,17H2,1-3H3,(H,33,36)/b32-16-. The molecule has 4 aromatic rings. The Kier molecular flexibility index (Phi) is 8.86. The van der Waals surface area contributed by atoms with Crippen molar-refractivity contribution in [2.24, 2.45) is 5.10 Å². The first-order valence-electron chi connectivity index (χ1n) is 11.8. The SMILES string of the molecule is Cc1ccc(S(=O)(=O)N(CC(=O)N/N=C\c2cc(C)n(-c3cc(Cl)cc(Cl)c3)c2C)c2cccc(Br)c2)cc1. The van der Waals surface area contributed by atoms with Crippen LogP contribution in [-0.4, -0.2) is 31.7 Å². The summed E-state index contributed by atoms with van der Waals surface area (Å²) in [5.74, 6) is -0.600. The summed E-state index contributed by atoms with van der Waals surface area (Å²) in [6.07, 6.45) is 1.51. The molecule has 1 heterocycles. The first-order chi connectivity index (χ1) is 18.5. The lowest BCUT2D eigenvalue weighted by atomic mass is 10.2. The fourth-order valence-corrected chi connectivity index (χ4v) is 6.42. The van der Waals surface area contributed by atoms with E-state index in [9.17, 15) is 13.2 Å². The van der Waals surface area contributed by atoms with E-state index >= 15 is 0 Å². The fourth-order valence-electron chi connectivity index (χ4n) is 4.11. The summed E-state index contributed by atoms with van der Waals surface area (Å²) >= 11 is 15.7. The van der Waals surface area contributed by atoms with Gasteiger partial charge in [-0.25, -0.2) is 13.8 Å². The van der Waals surface area contributed by atoms with Crippen LogP contribution in [0.1, 0.15) is 22.5 Å². The van der Waals surface area contributed by atoms with Crippen LogP contribution in [0.5, 0.6) is 0 Å². The van der Waals surface area contributed by atoms with Gasteiger partial charge in [0.15, 0.2) is 0 Å². The summed E-state index contributed by atoms with van der Waals surface area (Å²) < 4.78 is 30.8. The molecule has 202 valence electrons. The molecule has 0 radical (unpaired) electrons. The second-order valence-electron chi connectivity index (χ2n) is 8.89. The number of rotatable bonds is 8. The molecule has 0 aliphatic rings. The number of carbonyl (C=O) groups excluding carboxylic acids is 1. The van der Waals surface area contributed by atoms with Gasteiger partial charge in [-0.1, -0.05) is 62.9 Å². The van der Waals surface area contributed by atoms with Gasteiger partial charge in [-0.3, -0.25) is 9.10 Å². The fraction of sp³-hybridized carbons (Fsp3) is 0.143. The van der Waals surface area contributed by atoms with Crippen molar-refractivity contribution in [2.75, 3.05) is 10.8 Å². The van der Waals surface area contributed by atoms with Crippen LogP contribution in [0.25, 0.3) is 5.69 Å². The second-order valence-corrected chi connectivity index (χ2v) is 12.5. The van der Waals surface area contributed by atoms with Crippen LogP contribution < -0.4 is 9.73 Å². The third-order valence-electron chi connectivity index (χ3n) is 5.96. The molecule has 11 heteroatoms.